The summed E-state index contributed by atoms with van der Waals surface area (Å²) in [6.45, 7) is 5.30. The van der Waals surface area contributed by atoms with Crippen LogP contribution < -0.4 is 0 Å². The first-order chi connectivity index (χ1) is 8.91. The molecule has 5 heteroatoms. The first-order valence-electron chi connectivity index (χ1n) is 6.45. The fourth-order valence-electron chi connectivity index (χ4n) is 1.69. The van der Waals surface area contributed by atoms with Gasteiger partial charge in [-0.1, -0.05) is 39.2 Å². The molecule has 0 aliphatic heterocycles. The van der Waals surface area contributed by atoms with Crippen LogP contribution in [0.25, 0.3) is 0 Å². The van der Waals surface area contributed by atoms with Gasteiger partial charge in [-0.25, -0.2) is 4.79 Å². The first kappa shape index (κ1) is 17.2. The molecular weight excluding hydrogens is 248 g/mol. The Bertz CT molecular complexity index is 357. The van der Waals surface area contributed by atoms with Crippen LogP contribution in [0.1, 0.15) is 45.4 Å². The molecular formula is C14H22O5. The summed E-state index contributed by atoms with van der Waals surface area (Å²) in [6.07, 6.45) is 7.16. The quantitative estimate of drug-likeness (QED) is 0.322. The highest BCUT2D eigenvalue weighted by molar-refractivity contribution is 5.94. The van der Waals surface area contributed by atoms with Gasteiger partial charge < -0.3 is 15.3 Å². The summed E-state index contributed by atoms with van der Waals surface area (Å²) in [6, 6.07) is 0. The summed E-state index contributed by atoms with van der Waals surface area (Å²) >= 11 is 0. The second-order valence-corrected chi connectivity index (χ2v) is 4.43. The molecule has 19 heavy (non-hydrogen) atoms. The van der Waals surface area contributed by atoms with Crippen molar-refractivity contribution < 1.29 is 24.9 Å². The minimum Gasteiger partial charge on any atom is -0.511 e. The maximum absolute atomic E-state index is 10.9. The molecule has 0 aliphatic carbocycles. The zero-order chi connectivity index (χ0) is 14.8. The summed E-state index contributed by atoms with van der Waals surface area (Å²) < 4.78 is 0. The largest absolute Gasteiger partial charge is 0.511 e. The third kappa shape index (κ3) is 6.64. The van der Waals surface area contributed by atoms with Crippen molar-refractivity contribution in [2.75, 3.05) is 0 Å². The topological polar surface area (TPSA) is 94.8 Å². The van der Waals surface area contributed by atoms with E-state index in [1.165, 1.54) is 6.08 Å². The molecule has 0 saturated carbocycles. The van der Waals surface area contributed by atoms with Gasteiger partial charge in [-0.15, -0.1) is 0 Å². The van der Waals surface area contributed by atoms with E-state index in [1.54, 1.807) is 0 Å². The van der Waals surface area contributed by atoms with Gasteiger partial charge in [-0.05, 0) is 18.9 Å². The van der Waals surface area contributed by atoms with E-state index in [-0.39, 0.29) is 0 Å². The van der Waals surface area contributed by atoms with Crippen LogP contribution in [-0.2, 0) is 9.59 Å². The van der Waals surface area contributed by atoms with Gasteiger partial charge in [0, 0.05) is 0 Å². The molecule has 0 bridgehead atoms. The van der Waals surface area contributed by atoms with Crippen LogP contribution in [0.5, 0.6) is 0 Å². The van der Waals surface area contributed by atoms with E-state index in [1.807, 2.05) is 0 Å². The SMILES string of the molecule is C=C(C(=O)O)C(C(=O)O)C(O)=CCCCCCCC. The minimum atomic E-state index is -1.56. The predicted octanol–water partition coefficient (Wildman–Crippen LogP) is 3.13. The van der Waals surface area contributed by atoms with Gasteiger partial charge >= 0.3 is 11.9 Å². The van der Waals surface area contributed by atoms with E-state index in [9.17, 15) is 14.7 Å². The summed E-state index contributed by atoms with van der Waals surface area (Å²) in [4.78, 5) is 21.6. The number of allylic oxidation sites excluding steroid dienone is 1. The molecule has 3 N–H and O–H groups in total. The van der Waals surface area contributed by atoms with Crippen molar-refractivity contribution in [3.8, 4) is 0 Å². The molecule has 108 valence electrons. The van der Waals surface area contributed by atoms with Crippen molar-refractivity contribution in [2.45, 2.75) is 45.4 Å². The van der Waals surface area contributed by atoms with Gasteiger partial charge in [-0.3, -0.25) is 4.79 Å². The Labute approximate surface area is 113 Å². The normalized spacial score (nSPS) is 13.0. The summed E-state index contributed by atoms with van der Waals surface area (Å²) in [7, 11) is 0. The Morgan fingerprint density at radius 3 is 2.16 bits per heavy atom. The molecule has 0 radical (unpaired) electrons. The lowest BCUT2D eigenvalue weighted by Crippen LogP contribution is -2.22. The number of aliphatic hydroxyl groups excluding tert-OH is 1. The summed E-state index contributed by atoms with van der Waals surface area (Å²) in [5.74, 6) is -4.84. The number of carboxylic acid groups (broad SMARTS) is 2. The maximum atomic E-state index is 10.9. The van der Waals surface area contributed by atoms with E-state index in [0.717, 1.165) is 32.1 Å². The van der Waals surface area contributed by atoms with Crippen LogP contribution in [-0.4, -0.2) is 27.3 Å². The van der Waals surface area contributed by atoms with Crippen molar-refractivity contribution in [1.29, 1.82) is 0 Å². The number of unbranched alkanes of at least 4 members (excludes halogenated alkanes) is 5. The molecule has 0 amide bonds. The Balaban J connectivity index is 4.39. The second kappa shape index (κ2) is 9.19. The molecule has 1 unspecified atom stereocenters. The van der Waals surface area contributed by atoms with Crippen molar-refractivity contribution in [1.82, 2.24) is 0 Å². The molecule has 0 spiro atoms. The van der Waals surface area contributed by atoms with Crippen LogP contribution in [0.2, 0.25) is 0 Å². The van der Waals surface area contributed by atoms with Crippen LogP contribution >= 0.6 is 0 Å². The molecule has 0 aromatic carbocycles. The number of hydrogen-bond donors (Lipinski definition) is 3. The van der Waals surface area contributed by atoms with Crippen LogP contribution in [0.15, 0.2) is 24.0 Å². The van der Waals surface area contributed by atoms with Gasteiger partial charge in [0.05, 0.1) is 5.57 Å². The number of rotatable bonds is 10. The first-order valence-corrected chi connectivity index (χ1v) is 6.45. The Hall–Kier alpha value is -1.78. The van der Waals surface area contributed by atoms with E-state index in [4.69, 9.17) is 10.2 Å². The monoisotopic (exact) mass is 270 g/mol. The van der Waals surface area contributed by atoms with Crippen molar-refractivity contribution >= 4 is 11.9 Å². The lowest BCUT2D eigenvalue weighted by Gasteiger charge is -2.11. The summed E-state index contributed by atoms with van der Waals surface area (Å²) in [5, 5.41) is 27.3. The van der Waals surface area contributed by atoms with E-state index in [2.05, 4.69) is 13.5 Å². The zero-order valence-corrected chi connectivity index (χ0v) is 11.3. The number of carboxylic acids is 2. The Kier molecular flexibility index (Phi) is 8.33. The highest BCUT2D eigenvalue weighted by atomic mass is 16.4. The number of aliphatic hydroxyl groups is 1. The van der Waals surface area contributed by atoms with Crippen molar-refractivity contribution in [3.05, 3.63) is 24.0 Å². The van der Waals surface area contributed by atoms with Gasteiger partial charge in [0.25, 0.3) is 0 Å². The molecule has 0 heterocycles. The number of hydrogen-bond acceptors (Lipinski definition) is 3. The Morgan fingerprint density at radius 2 is 1.68 bits per heavy atom. The molecule has 1 atom stereocenters. The predicted molar refractivity (Wildman–Crippen MR) is 72.0 cm³/mol. The van der Waals surface area contributed by atoms with Crippen LogP contribution in [0.4, 0.5) is 0 Å². The van der Waals surface area contributed by atoms with Gasteiger partial charge in [-0.2, -0.15) is 0 Å². The highest BCUT2D eigenvalue weighted by Crippen LogP contribution is 2.19. The fourth-order valence-corrected chi connectivity index (χ4v) is 1.69. The molecule has 0 fully saturated rings. The minimum absolute atomic E-state index is 0.449. The molecule has 0 saturated heterocycles. The van der Waals surface area contributed by atoms with Gasteiger partial charge in [0.2, 0.25) is 0 Å². The second-order valence-electron chi connectivity index (χ2n) is 4.43. The third-order valence-electron chi connectivity index (χ3n) is 2.83. The standard InChI is InChI=1S/C14H22O5/c1-3-4-5-6-7-8-9-11(15)12(14(18)19)10(2)13(16)17/h9,12,15H,2-8H2,1H3,(H,16,17)(H,18,19). The maximum Gasteiger partial charge on any atom is 0.332 e. The summed E-state index contributed by atoms with van der Waals surface area (Å²) in [5.41, 5.74) is -0.535. The molecule has 0 aromatic rings. The molecule has 0 aromatic heterocycles. The molecule has 0 aliphatic rings. The van der Waals surface area contributed by atoms with Crippen molar-refractivity contribution in [3.63, 3.8) is 0 Å². The molecule has 5 nitrogen and oxygen atoms in total. The third-order valence-corrected chi connectivity index (χ3v) is 2.83. The highest BCUT2D eigenvalue weighted by Gasteiger charge is 2.29. The van der Waals surface area contributed by atoms with Gasteiger partial charge in [0.15, 0.2) is 0 Å². The van der Waals surface area contributed by atoms with E-state index >= 15 is 0 Å². The molecule has 0 rings (SSSR count). The van der Waals surface area contributed by atoms with Crippen LogP contribution in [0.3, 0.4) is 0 Å². The fraction of sp³-hybridized carbons (Fsp3) is 0.571. The van der Waals surface area contributed by atoms with E-state index < -0.39 is 29.2 Å². The Morgan fingerprint density at radius 1 is 1.11 bits per heavy atom. The average molecular weight is 270 g/mol. The number of aliphatic carboxylic acids is 2. The number of carbonyl (C=O) groups is 2. The lowest BCUT2D eigenvalue weighted by atomic mass is 9.97. The smallest absolute Gasteiger partial charge is 0.332 e. The van der Waals surface area contributed by atoms with Crippen molar-refractivity contribution in [2.24, 2.45) is 5.92 Å². The average Bonchev–Trinajstić information content (AvgIpc) is 2.33. The van der Waals surface area contributed by atoms with E-state index in [0.29, 0.717) is 6.42 Å². The van der Waals surface area contributed by atoms with Crippen LogP contribution in [0, 0.1) is 5.92 Å². The zero-order valence-electron chi connectivity index (χ0n) is 11.3. The van der Waals surface area contributed by atoms with Gasteiger partial charge in [0.1, 0.15) is 11.7 Å². The lowest BCUT2D eigenvalue weighted by molar-refractivity contribution is -0.143.